The average molecular weight is 233 g/mol. The minimum atomic E-state index is -0.510. The largest absolute Gasteiger partial charge is 0.351 e. The van der Waals surface area contributed by atoms with E-state index in [1.165, 1.54) is 18.4 Å². The van der Waals surface area contributed by atoms with E-state index in [-0.39, 0.29) is 0 Å². The third kappa shape index (κ3) is 3.75. The molecule has 2 amide bonds. The van der Waals surface area contributed by atoms with E-state index < -0.39 is 6.03 Å². The molecule has 1 aliphatic rings. The number of nitrogens with one attached hydrogen (secondary N) is 2. The van der Waals surface area contributed by atoms with E-state index in [2.05, 4.69) is 16.7 Å². The van der Waals surface area contributed by atoms with Crippen molar-refractivity contribution in [1.29, 1.82) is 0 Å². The second-order valence-electron chi connectivity index (χ2n) is 4.59. The highest BCUT2D eigenvalue weighted by Gasteiger charge is 2.13. The maximum Gasteiger partial charge on any atom is 0.316 e. The number of rotatable bonds is 3. The number of amides is 2. The van der Waals surface area contributed by atoms with Crippen molar-refractivity contribution in [2.45, 2.75) is 19.3 Å². The Morgan fingerprint density at radius 2 is 2.18 bits per heavy atom. The summed E-state index contributed by atoms with van der Waals surface area (Å²) in [6, 6.07) is 7.42. The fourth-order valence-electron chi connectivity index (χ4n) is 2.34. The van der Waals surface area contributed by atoms with Crippen molar-refractivity contribution in [2.75, 3.05) is 18.4 Å². The normalized spacial score (nSPS) is 16.7. The zero-order valence-corrected chi connectivity index (χ0v) is 9.91. The van der Waals surface area contributed by atoms with E-state index in [0.29, 0.717) is 0 Å². The maximum atomic E-state index is 10.8. The lowest BCUT2D eigenvalue weighted by Crippen LogP contribution is -2.28. The van der Waals surface area contributed by atoms with Crippen LogP contribution in [0.25, 0.3) is 0 Å². The highest BCUT2D eigenvalue weighted by molar-refractivity contribution is 5.87. The van der Waals surface area contributed by atoms with Crippen molar-refractivity contribution in [2.24, 2.45) is 11.7 Å². The monoisotopic (exact) mass is 233 g/mol. The van der Waals surface area contributed by atoms with Crippen LogP contribution in [0.2, 0.25) is 0 Å². The van der Waals surface area contributed by atoms with Crippen molar-refractivity contribution < 1.29 is 4.79 Å². The van der Waals surface area contributed by atoms with Crippen LogP contribution in [-0.4, -0.2) is 19.1 Å². The van der Waals surface area contributed by atoms with E-state index in [9.17, 15) is 4.79 Å². The van der Waals surface area contributed by atoms with Gasteiger partial charge in [0.2, 0.25) is 0 Å². The molecule has 0 spiro atoms. The van der Waals surface area contributed by atoms with Crippen molar-refractivity contribution in [1.82, 2.24) is 5.32 Å². The van der Waals surface area contributed by atoms with Crippen LogP contribution in [0.15, 0.2) is 24.3 Å². The van der Waals surface area contributed by atoms with E-state index >= 15 is 0 Å². The Hall–Kier alpha value is -1.55. The molecule has 0 aliphatic carbocycles. The lowest BCUT2D eigenvalue weighted by Gasteiger charge is -2.22. The molecule has 0 bridgehead atoms. The minimum absolute atomic E-state index is 0.510. The molecule has 0 atom stereocenters. The molecule has 2 rings (SSSR count). The molecule has 0 aromatic heterocycles. The van der Waals surface area contributed by atoms with Gasteiger partial charge in [-0.1, -0.05) is 12.1 Å². The summed E-state index contributed by atoms with van der Waals surface area (Å²) in [5.74, 6) is 0.750. The highest BCUT2D eigenvalue weighted by Crippen LogP contribution is 2.20. The molecule has 1 aromatic rings. The number of carbonyl (C=O) groups excluding carboxylic acids is 1. The third-order valence-electron chi connectivity index (χ3n) is 3.18. The van der Waals surface area contributed by atoms with Gasteiger partial charge in [0.1, 0.15) is 0 Å². The second-order valence-corrected chi connectivity index (χ2v) is 4.59. The average Bonchev–Trinajstić information content (AvgIpc) is 2.30. The molecule has 4 nitrogen and oxygen atoms in total. The molecule has 17 heavy (non-hydrogen) atoms. The summed E-state index contributed by atoms with van der Waals surface area (Å²) in [6.07, 6.45) is 3.54. The molecular weight excluding hydrogens is 214 g/mol. The summed E-state index contributed by atoms with van der Waals surface area (Å²) in [5, 5.41) is 5.97. The molecule has 1 heterocycles. The fourth-order valence-corrected chi connectivity index (χ4v) is 2.34. The molecule has 1 aliphatic heterocycles. The van der Waals surface area contributed by atoms with Gasteiger partial charge < -0.3 is 16.4 Å². The van der Waals surface area contributed by atoms with Gasteiger partial charge in [0.05, 0.1) is 0 Å². The van der Waals surface area contributed by atoms with Gasteiger partial charge in [-0.2, -0.15) is 0 Å². The smallest absolute Gasteiger partial charge is 0.316 e. The first-order chi connectivity index (χ1) is 8.24. The number of urea groups is 1. The number of hydrogen-bond donors (Lipinski definition) is 3. The van der Waals surface area contributed by atoms with Gasteiger partial charge in [-0.05, 0) is 56.0 Å². The van der Waals surface area contributed by atoms with Gasteiger partial charge in [0.25, 0.3) is 0 Å². The van der Waals surface area contributed by atoms with Crippen molar-refractivity contribution in [3.63, 3.8) is 0 Å². The van der Waals surface area contributed by atoms with E-state index in [4.69, 9.17) is 5.73 Å². The van der Waals surface area contributed by atoms with Crippen LogP contribution in [-0.2, 0) is 6.42 Å². The quantitative estimate of drug-likeness (QED) is 0.744. The van der Waals surface area contributed by atoms with Crippen molar-refractivity contribution >= 4 is 11.7 Å². The van der Waals surface area contributed by atoms with Crippen molar-refractivity contribution in [3.8, 4) is 0 Å². The van der Waals surface area contributed by atoms with Gasteiger partial charge in [0, 0.05) is 5.69 Å². The molecule has 0 saturated carbocycles. The standard InChI is InChI=1S/C13H19N3O/c14-13(17)16-12-3-1-2-11(9-12)8-10-4-6-15-7-5-10/h1-3,9-10,15H,4-8H2,(H3,14,16,17). The van der Waals surface area contributed by atoms with Gasteiger partial charge in [0.15, 0.2) is 0 Å². The topological polar surface area (TPSA) is 67.2 Å². The van der Waals surface area contributed by atoms with Crippen molar-refractivity contribution in [3.05, 3.63) is 29.8 Å². The second kappa shape index (κ2) is 5.68. The Bertz CT molecular complexity index is 386. The molecule has 1 saturated heterocycles. The number of primary amides is 1. The number of piperidine rings is 1. The Labute approximate surface area is 102 Å². The van der Waals surface area contributed by atoms with Crippen LogP contribution in [0, 0.1) is 5.92 Å². The molecule has 1 fully saturated rings. The summed E-state index contributed by atoms with van der Waals surface area (Å²) >= 11 is 0. The first-order valence-electron chi connectivity index (χ1n) is 6.10. The third-order valence-corrected chi connectivity index (χ3v) is 3.18. The van der Waals surface area contributed by atoms with Crippen LogP contribution in [0.4, 0.5) is 10.5 Å². The minimum Gasteiger partial charge on any atom is -0.351 e. The Morgan fingerprint density at radius 3 is 2.88 bits per heavy atom. The van der Waals surface area contributed by atoms with E-state index in [0.717, 1.165) is 31.1 Å². The molecular formula is C13H19N3O. The van der Waals surface area contributed by atoms with Crippen LogP contribution >= 0.6 is 0 Å². The van der Waals surface area contributed by atoms with Crippen LogP contribution < -0.4 is 16.4 Å². The Morgan fingerprint density at radius 1 is 1.41 bits per heavy atom. The zero-order chi connectivity index (χ0) is 12.1. The number of benzene rings is 1. The van der Waals surface area contributed by atoms with Crippen LogP contribution in [0.5, 0.6) is 0 Å². The van der Waals surface area contributed by atoms with Gasteiger partial charge in [-0.25, -0.2) is 4.79 Å². The van der Waals surface area contributed by atoms with Crippen LogP contribution in [0.1, 0.15) is 18.4 Å². The molecule has 1 aromatic carbocycles. The molecule has 0 radical (unpaired) electrons. The molecule has 4 heteroatoms. The highest BCUT2D eigenvalue weighted by atomic mass is 16.2. The lowest BCUT2D eigenvalue weighted by molar-refractivity contribution is 0.259. The summed E-state index contributed by atoms with van der Waals surface area (Å²) in [7, 11) is 0. The SMILES string of the molecule is NC(=O)Nc1cccc(CC2CCNCC2)c1. The lowest BCUT2D eigenvalue weighted by atomic mass is 9.91. The van der Waals surface area contributed by atoms with Crippen LogP contribution in [0.3, 0.4) is 0 Å². The Kier molecular flexibility index (Phi) is 3.98. The first-order valence-corrected chi connectivity index (χ1v) is 6.10. The predicted molar refractivity (Wildman–Crippen MR) is 68.9 cm³/mol. The van der Waals surface area contributed by atoms with E-state index in [1.807, 2.05) is 18.2 Å². The number of nitrogens with two attached hydrogens (primary N) is 1. The van der Waals surface area contributed by atoms with Gasteiger partial charge >= 0.3 is 6.03 Å². The van der Waals surface area contributed by atoms with Gasteiger partial charge in [-0.3, -0.25) is 0 Å². The summed E-state index contributed by atoms with van der Waals surface area (Å²) in [4.78, 5) is 10.8. The number of anilines is 1. The predicted octanol–water partition coefficient (Wildman–Crippen LogP) is 1.72. The first kappa shape index (κ1) is 11.9. The summed E-state index contributed by atoms with van der Waals surface area (Å²) in [5.41, 5.74) is 7.15. The number of carbonyl (C=O) groups is 1. The summed E-state index contributed by atoms with van der Waals surface area (Å²) in [6.45, 7) is 2.23. The summed E-state index contributed by atoms with van der Waals surface area (Å²) < 4.78 is 0. The van der Waals surface area contributed by atoms with E-state index in [1.54, 1.807) is 0 Å². The zero-order valence-electron chi connectivity index (χ0n) is 9.91. The van der Waals surface area contributed by atoms with Gasteiger partial charge in [-0.15, -0.1) is 0 Å². The molecule has 0 unspecified atom stereocenters. The maximum absolute atomic E-state index is 10.8. The molecule has 4 N–H and O–H groups in total. The number of hydrogen-bond acceptors (Lipinski definition) is 2. The fraction of sp³-hybridized carbons (Fsp3) is 0.462. The Balaban J connectivity index is 1.97. The molecule has 92 valence electrons.